The molecule has 0 atom stereocenters. The molecule has 3 rings (SSSR count). The molecule has 1 aromatic heterocycles. The number of ether oxygens (including phenoxy) is 2. The quantitative estimate of drug-likeness (QED) is 0.145. The molecule has 2 aromatic rings. The van der Waals surface area contributed by atoms with Gasteiger partial charge < -0.3 is 9.47 Å². The molecule has 0 saturated heterocycles. The highest BCUT2D eigenvalue weighted by Gasteiger charge is 2.21. The summed E-state index contributed by atoms with van der Waals surface area (Å²) in [4.78, 5) is 17.1. The van der Waals surface area contributed by atoms with Crippen LogP contribution in [-0.2, 0) is 6.42 Å². The van der Waals surface area contributed by atoms with Gasteiger partial charge in [-0.25, -0.2) is 4.79 Å². The number of hydrogen-bond donors (Lipinski definition) is 0. The summed E-state index contributed by atoms with van der Waals surface area (Å²) >= 11 is 0. The Morgan fingerprint density at radius 3 is 2.00 bits per heavy atom. The molecule has 1 heterocycles. The van der Waals surface area contributed by atoms with Crippen molar-refractivity contribution < 1.29 is 14.3 Å². The predicted octanol–water partition coefficient (Wildman–Crippen LogP) is 9.75. The molecule has 4 nitrogen and oxygen atoms in total. The molecule has 0 bridgehead atoms. The second-order valence-electron chi connectivity index (χ2n) is 11.3. The molecule has 210 valence electrons. The van der Waals surface area contributed by atoms with Crippen LogP contribution in [0.15, 0.2) is 42.6 Å². The fourth-order valence-electron chi connectivity index (χ4n) is 5.57. The van der Waals surface area contributed by atoms with Crippen LogP contribution in [0.4, 0.5) is 0 Å². The van der Waals surface area contributed by atoms with Gasteiger partial charge in [0.2, 0.25) is 0 Å². The Hall–Kier alpha value is -2.36. The Kier molecular flexibility index (Phi) is 14.3. The van der Waals surface area contributed by atoms with Gasteiger partial charge in [-0.1, -0.05) is 104 Å². The van der Waals surface area contributed by atoms with Gasteiger partial charge in [0.05, 0.1) is 18.4 Å². The minimum absolute atomic E-state index is 0.367. The first-order chi connectivity index (χ1) is 18.7. The van der Waals surface area contributed by atoms with Crippen molar-refractivity contribution in [3.05, 3.63) is 53.9 Å². The number of carbonyl (C=O) groups is 1. The van der Waals surface area contributed by atoms with Crippen molar-refractivity contribution in [1.29, 1.82) is 0 Å². The number of esters is 1. The van der Waals surface area contributed by atoms with E-state index in [0.717, 1.165) is 36.1 Å². The van der Waals surface area contributed by atoms with E-state index in [2.05, 4.69) is 18.8 Å². The van der Waals surface area contributed by atoms with E-state index >= 15 is 0 Å². The van der Waals surface area contributed by atoms with E-state index in [1.165, 1.54) is 96.3 Å². The molecular weight excluding hydrogens is 470 g/mol. The molecule has 0 radical (unpaired) electrons. The zero-order valence-electron chi connectivity index (χ0n) is 24.1. The molecule has 1 aliphatic carbocycles. The molecule has 4 heteroatoms. The third-order valence-corrected chi connectivity index (χ3v) is 8.11. The molecule has 0 spiro atoms. The van der Waals surface area contributed by atoms with Gasteiger partial charge in [0.25, 0.3) is 0 Å². The van der Waals surface area contributed by atoms with E-state index in [-0.39, 0.29) is 5.97 Å². The molecule has 1 aliphatic rings. The van der Waals surface area contributed by atoms with Gasteiger partial charge in [-0.3, -0.25) is 4.98 Å². The number of aromatic nitrogens is 1. The summed E-state index contributed by atoms with van der Waals surface area (Å²) in [6.07, 6.45) is 23.9. The lowest BCUT2D eigenvalue weighted by atomic mass is 9.78. The molecule has 0 amide bonds. The Bertz CT molecular complexity index is 885. The second kappa shape index (κ2) is 18.0. The zero-order valence-corrected chi connectivity index (χ0v) is 24.1. The Balaban J connectivity index is 1.31. The Labute approximate surface area is 231 Å². The van der Waals surface area contributed by atoms with Crippen LogP contribution < -0.4 is 9.47 Å². The molecule has 1 aromatic carbocycles. The number of aryl methyl sites for hydroxylation is 1. The van der Waals surface area contributed by atoms with Gasteiger partial charge in [-0.2, -0.15) is 0 Å². The number of pyridine rings is 1. The average Bonchev–Trinajstić information content (AvgIpc) is 2.95. The van der Waals surface area contributed by atoms with E-state index in [0.29, 0.717) is 17.9 Å². The second-order valence-corrected chi connectivity index (χ2v) is 11.3. The first-order valence-corrected chi connectivity index (χ1v) is 15.6. The van der Waals surface area contributed by atoms with Crippen LogP contribution in [0.2, 0.25) is 0 Å². The third kappa shape index (κ3) is 11.6. The normalized spacial score (nSPS) is 17.3. The number of hydrogen-bond acceptors (Lipinski definition) is 4. The first-order valence-electron chi connectivity index (χ1n) is 15.6. The third-order valence-electron chi connectivity index (χ3n) is 8.11. The number of nitrogens with zero attached hydrogens (tertiary/aromatic N) is 1. The van der Waals surface area contributed by atoms with Crippen LogP contribution in [0.1, 0.15) is 133 Å². The van der Waals surface area contributed by atoms with E-state index in [1.54, 1.807) is 18.3 Å². The van der Waals surface area contributed by atoms with Gasteiger partial charge in [-0.05, 0) is 67.5 Å². The van der Waals surface area contributed by atoms with Crippen LogP contribution >= 0.6 is 0 Å². The molecule has 0 N–H and O–H groups in total. The minimum atomic E-state index is -0.367. The lowest BCUT2D eigenvalue weighted by Crippen LogP contribution is -2.15. The molecular formula is C34H51NO3. The van der Waals surface area contributed by atoms with Gasteiger partial charge >= 0.3 is 5.97 Å². The lowest BCUT2D eigenvalue weighted by Gasteiger charge is -2.28. The van der Waals surface area contributed by atoms with E-state index < -0.39 is 0 Å². The largest absolute Gasteiger partial charge is 0.494 e. The predicted molar refractivity (Wildman–Crippen MR) is 157 cm³/mol. The number of benzene rings is 1. The van der Waals surface area contributed by atoms with Crippen LogP contribution in [0.5, 0.6) is 11.5 Å². The summed E-state index contributed by atoms with van der Waals surface area (Å²) in [5.41, 5.74) is 1.60. The number of carbonyl (C=O) groups excluding carboxylic acids is 1. The maximum absolute atomic E-state index is 12.6. The van der Waals surface area contributed by atoms with E-state index in [1.807, 2.05) is 24.3 Å². The standard InChI is InChI=1S/C34H51NO3/c1-3-5-7-9-10-12-26-37-32-23-19-30(20-24-32)34(36)38-33-25-22-31(35-27-33)21-18-29-16-14-28(15-17-29)13-11-8-6-4-2/h19-20,22-25,27-29H,3-18,21,26H2,1-2H3. The van der Waals surface area contributed by atoms with Gasteiger partial charge in [0.1, 0.15) is 11.5 Å². The molecule has 0 unspecified atom stereocenters. The maximum Gasteiger partial charge on any atom is 0.343 e. The molecule has 1 fully saturated rings. The van der Waals surface area contributed by atoms with Crippen molar-refractivity contribution >= 4 is 5.97 Å². The maximum atomic E-state index is 12.6. The highest BCUT2D eigenvalue weighted by Crippen LogP contribution is 2.34. The summed E-state index contributed by atoms with van der Waals surface area (Å²) < 4.78 is 11.4. The summed E-state index contributed by atoms with van der Waals surface area (Å²) in [6, 6.07) is 11.1. The summed E-state index contributed by atoms with van der Waals surface area (Å²) in [5.74, 6) is 2.71. The van der Waals surface area contributed by atoms with Crippen LogP contribution in [-0.4, -0.2) is 17.6 Å². The summed E-state index contributed by atoms with van der Waals surface area (Å²) in [6.45, 7) is 5.24. The van der Waals surface area contributed by atoms with Crippen molar-refractivity contribution in [2.45, 2.75) is 123 Å². The first kappa shape index (κ1) is 30.2. The Morgan fingerprint density at radius 1 is 0.737 bits per heavy atom. The van der Waals surface area contributed by atoms with Gasteiger partial charge in [-0.15, -0.1) is 0 Å². The average molecular weight is 522 g/mol. The minimum Gasteiger partial charge on any atom is -0.494 e. The van der Waals surface area contributed by atoms with Crippen LogP contribution in [0.25, 0.3) is 0 Å². The number of rotatable bonds is 18. The number of unbranched alkanes of at least 4 members (excludes halogenated alkanes) is 8. The Morgan fingerprint density at radius 2 is 1.34 bits per heavy atom. The lowest BCUT2D eigenvalue weighted by molar-refractivity contribution is 0.0734. The van der Waals surface area contributed by atoms with Crippen molar-refractivity contribution in [3.8, 4) is 11.5 Å². The fraction of sp³-hybridized carbons (Fsp3) is 0.647. The highest BCUT2D eigenvalue weighted by molar-refractivity contribution is 5.91. The van der Waals surface area contributed by atoms with Crippen LogP contribution in [0, 0.1) is 11.8 Å². The fourth-order valence-corrected chi connectivity index (χ4v) is 5.57. The van der Waals surface area contributed by atoms with E-state index in [9.17, 15) is 4.79 Å². The summed E-state index contributed by atoms with van der Waals surface area (Å²) in [5, 5.41) is 0. The molecule has 0 aliphatic heterocycles. The summed E-state index contributed by atoms with van der Waals surface area (Å²) in [7, 11) is 0. The SMILES string of the molecule is CCCCCCCCOc1ccc(C(=O)Oc2ccc(CCC3CCC(CCCCCC)CC3)nc2)cc1. The van der Waals surface area contributed by atoms with Gasteiger partial charge in [0.15, 0.2) is 0 Å². The zero-order chi connectivity index (χ0) is 26.8. The van der Waals surface area contributed by atoms with Crippen molar-refractivity contribution in [3.63, 3.8) is 0 Å². The van der Waals surface area contributed by atoms with Gasteiger partial charge in [0, 0.05) is 5.69 Å². The van der Waals surface area contributed by atoms with Crippen molar-refractivity contribution in [2.75, 3.05) is 6.61 Å². The van der Waals surface area contributed by atoms with E-state index in [4.69, 9.17) is 9.47 Å². The molecule has 1 saturated carbocycles. The smallest absolute Gasteiger partial charge is 0.343 e. The highest BCUT2D eigenvalue weighted by atomic mass is 16.5. The van der Waals surface area contributed by atoms with Crippen LogP contribution in [0.3, 0.4) is 0 Å². The van der Waals surface area contributed by atoms with Crippen molar-refractivity contribution in [2.24, 2.45) is 11.8 Å². The monoisotopic (exact) mass is 521 g/mol. The van der Waals surface area contributed by atoms with Crippen molar-refractivity contribution in [1.82, 2.24) is 4.98 Å². The topological polar surface area (TPSA) is 48.4 Å². The molecule has 38 heavy (non-hydrogen) atoms.